The Kier molecular flexibility index (Phi) is 4.72. The van der Waals surface area contributed by atoms with Crippen molar-refractivity contribution in [2.45, 2.75) is 12.5 Å². The second-order valence-electron chi connectivity index (χ2n) is 3.92. The van der Waals surface area contributed by atoms with Crippen LogP contribution in [0.25, 0.3) is 0 Å². The molecule has 0 aliphatic carbocycles. The molecule has 11 heteroatoms. The van der Waals surface area contributed by atoms with Crippen molar-refractivity contribution in [1.82, 2.24) is 0 Å². The number of primary amides is 1. The van der Waals surface area contributed by atoms with Crippen molar-refractivity contribution in [2.24, 2.45) is 5.73 Å². The number of carboxylic acid groups (broad SMARTS) is 1. The van der Waals surface area contributed by atoms with Crippen LogP contribution in [0.3, 0.4) is 0 Å². The van der Waals surface area contributed by atoms with E-state index >= 15 is 0 Å². The number of carbonyl (C=O) groups is 2. The van der Waals surface area contributed by atoms with Gasteiger partial charge in [-0.25, -0.2) is 4.79 Å². The van der Waals surface area contributed by atoms with Crippen LogP contribution < -0.4 is 11.1 Å². The third kappa shape index (κ3) is 4.12. The number of nitrogens with zero attached hydrogens (tertiary/aromatic N) is 2. The zero-order chi connectivity index (χ0) is 16.2. The summed E-state index contributed by atoms with van der Waals surface area (Å²) in [4.78, 5) is 41.4. The van der Waals surface area contributed by atoms with Gasteiger partial charge < -0.3 is 16.2 Å². The third-order valence-electron chi connectivity index (χ3n) is 2.42. The number of aliphatic carboxylic acids is 1. The molecule has 0 unspecified atom stereocenters. The zero-order valence-electron chi connectivity index (χ0n) is 10.4. The normalized spacial score (nSPS) is 11.4. The van der Waals surface area contributed by atoms with E-state index in [0.717, 1.165) is 12.1 Å². The van der Waals surface area contributed by atoms with Crippen molar-refractivity contribution >= 4 is 28.9 Å². The molecule has 0 aliphatic heterocycles. The molecule has 1 amide bonds. The van der Waals surface area contributed by atoms with Crippen LogP contribution in [0, 0.1) is 20.2 Å². The molecule has 1 rings (SSSR count). The number of non-ortho nitro benzene ring substituents is 1. The molecule has 0 saturated heterocycles. The zero-order valence-corrected chi connectivity index (χ0v) is 10.4. The molecule has 0 aliphatic rings. The second-order valence-corrected chi connectivity index (χ2v) is 3.92. The van der Waals surface area contributed by atoms with E-state index in [2.05, 4.69) is 5.32 Å². The summed E-state index contributed by atoms with van der Waals surface area (Å²) in [5, 5.41) is 32.6. The Morgan fingerprint density at radius 2 is 1.90 bits per heavy atom. The van der Waals surface area contributed by atoms with Gasteiger partial charge in [-0.1, -0.05) is 0 Å². The number of nitrogens with one attached hydrogen (secondary N) is 1. The Morgan fingerprint density at radius 3 is 2.33 bits per heavy atom. The smallest absolute Gasteiger partial charge is 0.326 e. The molecular formula is C10H10N4O7. The lowest BCUT2D eigenvalue weighted by Crippen LogP contribution is -2.34. The highest BCUT2D eigenvalue weighted by molar-refractivity contribution is 5.86. The van der Waals surface area contributed by atoms with E-state index in [1.165, 1.54) is 0 Å². The van der Waals surface area contributed by atoms with Gasteiger partial charge in [-0.3, -0.25) is 25.0 Å². The second kappa shape index (κ2) is 6.27. The van der Waals surface area contributed by atoms with Crippen LogP contribution in [0.4, 0.5) is 17.1 Å². The number of carboxylic acids is 1. The summed E-state index contributed by atoms with van der Waals surface area (Å²) in [7, 11) is 0. The number of rotatable bonds is 7. The lowest BCUT2D eigenvalue weighted by molar-refractivity contribution is -0.393. The number of benzene rings is 1. The summed E-state index contributed by atoms with van der Waals surface area (Å²) in [6.45, 7) is 0. The molecule has 0 saturated carbocycles. The van der Waals surface area contributed by atoms with E-state index in [9.17, 15) is 29.8 Å². The van der Waals surface area contributed by atoms with Crippen LogP contribution in [0.1, 0.15) is 6.42 Å². The van der Waals surface area contributed by atoms with E-state index in [1.54, 1.807) is 0 Å². The molecule has 0 radical (unpaired) electrons. The third-order valence-corrected chi connectivity index (χ3v) is 2.42. The Morgan fingerprint density at radius 1 is 1.29 bits per heavy atom. The Hall–Kier alpha value is -3.24. The first-order valence-corrected chi connectivity index (χ1v) is 5.43. The maximum atomic E-state index is 10.9. The van der Waals surface area contributed by atoms with Gasteiger partial charge in [0.25, 0.3) is 11.4 Å². The molecule has 0 aromatic heterocycles. The number of nitrogens with two attached hydrogens (primary N) is 1. The van der Waals surface area contributed by atoms with Gasteiger partial charge in [0.1, 0.15) is 11.7 Å². The summed E-state index contributed by atoms with van der Waals surface area (Å²) >= 11 is 0. The molecule has 11 nitrogen and oxygen atoms in total. The maximum Gasteiger partial charge on any atom is 0.326 e. The summed E-state index contributed by atoms with van der Waals surface area (Å²) in [6.07, 6.45) is -0.594. The molecule has 112 valence electrons. The lowest BCUT2D eigenvalue weighted by atomic mass is 10.1. The fraction of sp³-hybridized carbons (Fsp3) is 0.200. The SMILES string of the molecule is NC(=O)C[C@@H](Nc1ccc([N+](=O)[O-])cc1[N+](=O)[O-])C(=O)O. The molecule has 4 N–H and O–H groups in total. The molecule has 0 heterocycles. The average molecular weight is 298 g/mol. The molecule has 1 aromatic rings. The highest BCUT2D eigenvalue weighted by Gasteiger charge is 2.25. The van der Waals surface area contributed by atoms with Crippen molar-refractivity contribution in [3.05, 3.63) is 38.4 Å². The Bertz CT molecular complexity index is 615. The average Bonchev–Trinajstić information content (AvgIpc) is 2.37. The Labute approximate surface area is 116 Å². The monoisotopic (exact) mass is 298 g/mol. The van der Waals surface area contributed by atoms with Crippen LogP contribution in [0.5, 0.6) is 0 Å². The van der Waals surface area contributed by atoms with E-state index in [1.807, 2.05) is 0 Å². The summed E-state index contributed by atoms with van der Waals surface area (Å²) in [5.74, 6) is -2.36. The lowest BCUT2D eigenvalue weighted by Gasteiger charge is -2.14. The van der Waals surface area contributed by atoms with Crippen molar-refractivity contribution < 1.29 is 24.5 Å². The maximum absolute atomic E-state index is 10.9. The number of hydrogen-bond acceptors (Lipinski definition) is 7. The number of nitro benzene ring substituents is 2. The molecule has 0 spiro atoms. The molecule has 1 atom stereocenters. The highest BCUT2D eigenvalue weighted by Crippen LogP contribution is 2.29. The number of carbonyl (C=O) groups excluding carboxylic acids is 1. The van der Waals surface area contributed by atoms with E-state index in [0.29, 0.717) is 6.07 Å². The van der Waals surface area contributed by atoms with Gasteiger partial charge in [0, 0.05) is 6.07 Å². The first-order chi connectivity index (χ1) is 9.72. The summed E-state index contributed by atoms with van der Waals surface area (Å²) in [6, 6.07) is 1.17. The summed E-state index contributed by atoms with van der Waals surface area (Å²) < 4.78 is 0. The summed E-state index contributed by atoms with van der Waals surface area (Å²) in [5.41, 5.74) is 3.42. The predicted octanol–water partition coefficient (Wildman–Crippen LogP) is 0.243. The number of anilines is 1. The van der Waals surface area contributed by atoms with E-state index in [4.69, 9.17) is 10.8 Å². The molecule has 0 fully saturated rings. The molecule has 0 bridgehead atoms. The van der Waals surface area contributed by atoms with Gasteiger partial charge in [0.05, 0.1) is 22.3 Å². The standard InChI is InChI=1S/C10H10N4O7/c11-9(15)4-7(10(16)17)12-6-2-1-5(13(18)19)3-8(6)14(20)21/h1-3,7,12H,4H2,(H2,11,15)(H,16,17)/t7-/m1/s1. The Balaban J connectivity index is 3.16. The highest BCUT2D eigenvalue weighted by atomic mass is 16.6. The first-order valence-electron chi connectivity index (χ1n) is 5.43. The van der Waals surface area contributed by atoms with Crippen molar-refractivity contribution in [1.29, 1.82) is 0 Å². The fourth-order valence-electron chi connectivity index (χ4n) is 1.50. The van der Waals surface area contributed by atoms with Crippen LogP contribution in [-0.4, -0.2) is 32.9 Å². The largest absolute Gasteiger partial charge is 0.480 e. The van der Waals surface area contributed by atoms with Gasteiger partial charge in [-0.15, -0.1) is 0 Å². The molecular weight excluding hydrogens is 288 g/mol. The number of hydrogen-bond donors (Lipinski definition) is 3. The van der Waals surface area contributed by atoms with Crippen molar-refractivity contribution in [3.8, 4) is 0 Å². The molecule has 21 heavy (non-hydrogen) atoms. The molecule has 1 aromatic carbocycles. The van der Waals surface area contributed by atoms with Gasteiger partial charge >= 0.3 is 5.97 Å². The van der Waals surface area contributed by atoms with Crippen molar-refractivity contribution in [3.63, 3.8) is 0 Å². The minimum Gasteiger partial charge on any atom is -0.480 e. The minimum atomic E-state index is -1.48. The van der Waals surface area contributed by atoms with Gasteiger partial charge in [-0.2, -0.15) is 0 Å². The van der Waals surface area contributed by atoms with Gasteiger partial charge in [0.15, 0.2) is 0 Å². The topological polar surface area (TPSA) is 179 Å². The van der Waals surface area contributed by atoms with E-state index in [-0.39, 0.29) is 5.69 Å². The van der Waals surface area contributed by atoms with Crippen LogP contribution >= 0.6 is 0 Å². The first kappa shape index (κ1) is 15.8. The quantitative estimate of drug-likeness (QED) is 0.473. The van der Waals surface area contributed by atoms with Crippen LogP contribution in [-0.2, 0) is 9.59 Å². The number of amides is 1. The van der Waals surface area contributed by atoms with Crippen LogP contribution in [0.2, 0.25) is 0 Å². The minimum absolute atomic E-state index is 0.265. The van der Waals surface area contributed by atoms with Crippen molar-refractivity contribution in [2.75, 3.05) is 5.32 Å². The number of nitro groups is 2. The predicted molar refractivity (Wildman–Crippen MR) is 68.6 cm³/mol. The fourth-order valence-corrected chi connectivity index (χ4v) is 1.50. The van der Waals surface area contributed by atoms with Crippen LogP contribution in [0.15, 0.2) is 18.2 Å². The van der Waals surface area contributed by atoms with Gasteiger partial charge in [-0.05, 0) is 6.07 Å². The van der Waals surface area contributed by atoms with E-state index < -0.39 is 45.6 Å². The van der Waals surface area contributed by atoms with Gasteiger partial charge in [0.2, 0.25) is 5.91 Å².